The van der Waals surface area contributed by atoms with Crippen LogP contribution in [0.2, 0.25) is 0 Å². The number of pyridine rings is 5. The van der Waals surface area contributed by atoms with E-state index in [0.29, 0.717) is 34.2 Å². The number of nitrogens with zero attached hydrogens (tertiary/aromatic N) is 5. The summed E-state index contributed by atoms with van der Waals surface area (Å²) in [6.07, 6.45) is 9.70. The molecule has 5 heteroatoms. The van der Waals surface area contributed by atoms with Gasteiger partial charge in [0.25, 0.3) is 0 Å². The Morgan fingerprint density at radius 1 is 0.278 bits per heavy atom. The van der Waals surface area contributed by atoms with Gasteiger partial charge in [-0.3, -0.25) is 0 Å². The smallest absolute Gasteiger partial charge is 0.201 e. The Morgan fingerprint density at radius 2 is 0.574 bits per heavy atom. The maximum Gasteiger partial charge on any atom is 0.212 e. The summed E-state index contributed by atoms with van der Waals surface area (Å²) in [6.45, 7) is 58.4. The molecule has 0 radical (unpaired) electrons. The third-order valence-corrected chi connectivity index (χ3v) is 20.1. The average Bonchev–Trinajstić information content (AvgIpc) is 0.662. The van der Waals surface area contributed by atoms with Crippen molar-refractivity contribution in [1.29, 1.82) is 0 Å². The van der Waals surface area contributed by atoms with E-state index in [1.807, 2.05) is 27.0 Å². The molecule has 10 aromatic rings. The van der Waals surface area contributed by atoms with Crippen LogP contribution in [0.25, 0.3) is 56.3 Å². The summed E-state index contributed by atoms with van der Waals surface area (Å²) in [5.74, 6) is 0.692. The van der Waals surface area contributed by atoms with E-state index in [4.69, 9.17) is 13.7 Å². The van der Waals surface area contributed by atoms with Crippen molar-refractivity contribution in [3.8, 4) is 56.3 Å². The minimum Gasteiger partial charge on any atom is -0.201 e. The van der Waals surface area contributed by atoms with Crippen LogP contribution in [0.5, 0.6) is 0 Å². The third kappa shape index (κ3) is 24.2. The van der Waals surface area contributed by atoms with Crippen molar-refractivity contribution in [1.82, 2.24) is 0 Å². The third-order valence-electron chi connectivity index (χ3n) is 20.1. The van der Waals surface area contributed by atoms with Crippen LogP contribution in [-0.4, -0.2) is 0 Å². The summed E-state index contributed by atoms with van der Waals surface area (Å²) in [4.78, 5) is 0. The second-order valence-electron chi connectivity index (χ2n) is 36.6. The number of benzene rings is 5. The van der Waals surface area contributed by atoms with Crippen molar-refractivity contribution in [3.05, 3.63) is 264 Å². The first-order valence-corrected chi connectivity index (χ1v) is 39.5. The molecule has 0 atom stereocenters. The molecule has 0 saturated carbocycles. The highest BCUT2D eigenvalue weighted by Crippen LogP contribution is 2.37. The second-order valence-corrected chi connectivity index (χ2v) is 36.6. The monoisotopic (exact) mass is 1460 g/mol. The van der Waals surface area contributed by atoms with Gasteiger partial charge in [-0.2, -0.15) is 0 Å². The quantitative estimate of drug-likeness (QED) is 0.103. The van der Waals surface area contributed by atoms with E-state index in [9.17, 15) is 0 Å². The number of hydrogen-bond acceptors (Lipinski definition) is 0. The average molecular weight is 1460 g/mol. The number of aromatic nitrogens is 5. The van der Waals surface area contributed by atoms with Crippen LogP contribution < -0.4 is 22.8 Å². The van der Waals surface area contributed by atoms with Gasteiger partial charge in [-0.15, -0.1) is 0 Å². The molecule has 0 amide bonds. The van der Waals surface area contributed by atoms with Crippen molar-refractivity contribution in [3.63, 3.8) is 0 Å². The molecule has 0 saturated heterocycles. The molecule has 10 rings (SSSR count). The Kier molecular flexibility index (Phi) is 25.4. The maximum absolute atomic E-state index is 8.70. The highest BCUT2D eigenvalue weighted by Gasteiger charge is 2.31. The van der Waals surface area contributed by atoms with E-state index in [2.05, 4.69) is 308 Å². The molecule has 0 aliphatic heterocycles. The van der Waals surface area contributed by atoms with Crippen molar-refractivity contribution in [2.75, 3.05) is 0 Å². The Balaban J connectivity index is 0.000000230. The van der Waals surface area contributed by atoms with Crippen molar-refractivity contribution >= 4 is 0 Å². The number of aryl methyl sites for hydroxylation is 16. The lowest BCUT2D eigenvalue weighted by Gasteiger charge is -2.29. The van der Waals surface area contributed by atoms with Gasteiger partial charge < -0.3 is 0 Å². The lowest BCUT2D eigenvalue weighted by atomic mass is 9.75. The van der Waals surface area contributed by atoms with E-state index in [-0.39, 0.29) is 39.1 Å². The van der Waals surface area contributed by atoms with Crippen LogP contribution in [-0.2, 0) is 82.5 Å². The van der Waals surface area contributed by atoms with Crippen LogP contribution in [0.1, 0.15) is 258 Å². The van der Waals surface area contributed by atoms with Gasteiger partial charge in [-0.05, 0) is 233 Å². The molecule has 0 aliphatic carbocycles. The van der Waals surface area contributed by atoms with E-state index < -0.39 is 26.4 Å². The van der Waals surface area contributed by atoms with Crippen LogP contribution >= 0.6 is 0 Å². The maximum atomic E-state index is 8.70. The predicted molar refractivity (Wildman–Crippen MR) is 466 cm³/mol. The topological polar surface area (TPSA) is 19.4 Å². The minimum absolute atomic E-state index is 0.0978. The zero-order valence-electron chi connectivity index (χ0n) is 83.5. The van der Waals surface area contributed by atoms with Gasteiger partial charge >= 0.3 is 0 Å². The van der Waals surface area contributed by atoms with Gasteiger partial charge in [0.1, 0.15) is 35.2 Å². The molecule has 5 nitrogen and oxygen atoms in total. The summed E-state index contributed by atoms with van der Waals surface area (Å²) in [5.41, 5.74) is 33.1. The molecule has 0 aliphatic rings. The summed E-state index contributed by atoms with van der Waals surface area (Å²) >= 11 is 0. The van der Waals surface area contributed by atoms with E-state index >= 15 is 0 Å². The predicted octanol–water partition coefficient (Wildman–Crippen LogP) is 24.3. The second kappa shape index (κ2) is 37.0. The highest BCUT2D eigenvalue weighted by molar-refractivity contribution is 5.67. The Morgan fingerprint density at radius 3 is 0.926 bits per heavy atom. The summed E-state index contributed by atoms with van der Waals surface area (Å²) in [6, 6.07) is 43.5. The normalized spacial score (nSPS) is 13.7. The molecule has 0 bridgehead atoms. The zero-order chi connectivity index (χ0) is 89.7. The lowest BCUT2D eigenvalue weighted by molar-refractivity contribution is -0.661. The Hall–Kier alpha value is -8.15. The number of rotatable bonds is 13. The van der Waals surface area contributed by atoms with Crippen molar-refractivity contribution in [2.24, 2.45) is 58.9 Å². The van der Waals surface area contributed by atoms with Gasteiger partial charge in [0.2, 0.25) is 28.5 Å². The first kappa shape index (κ1) is 74.0. The highest BCUT2D eigenvalue weighted by atomic mass is 14.9. The molecule has 578 valence electrons. The molecular weight excluding hydrogens is 1310 g/mol. The van der Waals surface area contributed by atoms with E-state index in [1.54, 1.807) is 81.9 Å². The SMILES string of the molecule is Cc1ccc(-c2cc(C)c(C(C)(C)C)c[n+]2C)c(C)c1.Cc1ccc(-c2cc(CC(C)C)c(CC(C)C)c[n+]2C)c(C)c1.Cc1ccccc1-c1cc(C(C)(C)C)c(C(C)(C)C)c[n+]1C.[2H]C([2H])([2H])c1ccc(-c2cc(C([2H])([2H])C(C)C)c(C([2H])([2H])C(C)C)c[n+]2C)c(C)c1.[2H]C([2H])([2H])c1ccc(-c2cc(C)c(C(C)(C)C)c[n+]2C)c(C)c1. The van der Waals surface area contributed by atoms with E-state index in [0.717, 1.165) is 40.8 Å². The first-order chi connectivity index (χ1) is 53.9. The van der Waals surface area contributed by atoms with Gasteiger partial charge in [0.15, 0.2) is 31.0 Å². The standard InChI is InChI=1S/2C22H32N.C21H30N.2C19H26N/c2*1-15(2)10-19-13-22(21-9-8-17(5)12-18(21)6)23(7)14-20(19)11-16(3)4;1-15-11-9-10-12-16(15)19-13-17(20(2,3)4)18(14-22(19)8)21(5,6)7;2*1-13-8-9-16(14(2)10-13)18-11-15(3)17(12-20(18)7)19(4,5)6/h2*8-9,12-16H,10-11H2,1-7H3;9-14H,1-8H3;2*8-12H,1-7H3/q5*+1/i5D3,10D2,11D2;;;1D3;. The summed E-state index contributed by atoms with van der Waals surface area (Å²) in [5, 5.41) is 0. The molecule has 0 fully saturated rings. The van der Waals surface area contributed by atoms with Crippen LogP contribution in [0, 0.1) is 99.7 Å². The largest absolute Gasteiger partial charge is 0.212 e. The Bertz CT molecular complexity index is 5180. The van der Waals surface area contributed by atoms with Crippen LogP contribution in [0.4, 0.5) is 0 Å². The molecule has 0 N–H and O–H groups in total. The molecule has 0 unspecified atom stereocenters. The molecular formula is C103H146N5+5. The fraction of sp³-hybridized carbons (Fsp3) is 0.466. The zero-order valence-corrected chi connectivity index (χ0v) is 73.5. The van der Waals surface area contributed by atoms with Crippen LogP contribution in [0.3, 0.4) is 0 Å². The lowest BCUT2D eigenvalue weighted by Crippen LogP contribution is -2.36. The summed E-state index contributed by atoms with van der Waals surface area (Å²) in [7, 11) is 10.3. The Labute approximate surface area is 674 Å². The van der Waals surface area contributed by atoms with Crippen molar-refractivity contribution < 1.29 is 36.5 Å². The van der Waals surface area contributed by atoms with Gasteiger partial charge in [-0.1, -0.05) is 227 Å². The molecule has 5 aromatic heterocycles. The van der Waals surface area contributed by atoms with E-state index in [1.165, 1.54) is 106 Å². The molecule has 5 heterocycles. The van der Waals surface area contributed by atoms with Gasteiger partial charge in [0.05, 0.1) is 0 Å². The minimum atomic E-state index is -2.19. The summed E-state index contributed by atoms with van der Waals surface area (Å²) < 4.78 is 90.9. The molecule has 0 spiro atoms. The van der Waals surface area contributed by atoms with Gasteiger partial charge in [0, 0.05) is 99.7 Å². The fourth-order valence-corrected chi connectivity index (χ4v) is 14.7. The van der Waals surface area contributed by atoms with Crippen LogP contribution in [0.15, 0.2) is 158 Å². The van der Waals surface area contributed by atoms with Crippen molar-refractivity contribution in [2.45, 2.75) is 262 Å². The number of hydrogen-bond donors (Lipinski definition) is 0. The molecule has 108 heavy (non-hydrogen) atoms. The molecule has 5 aromatic carbocycles. The van der Waals surface area contributed by atoms with Gasteiger partial charge in [-0.25, -0.2) is 22.8 Å². The first-order valence-electron chi connectivity index (χ1n) is 44.5. The fourth-order valence-electron chi connectivity index (χ4n) is 14.7.